The van der Waals surface area contributed by atoms with E-state index in [2.05, 4.69) is 16.8 Å². The SMILES string of the molecule is C[C@@H]1CN([C@H](C)CO)C(=O)c2cc(C#Cc3cccc(F)c3)cnc2O[C@H]1CN(C)C(=O)C1CCCCC1. The standard InChI is InChI=1S/C30H36FN3O4/c1-20-17-34(21(2)19-35)30(37)26-15-23(13-12-22-8-7-11-25(31)14-22)16-32-28(26)38-27(20)18-33(3)29(36)24-9-5-4-6-10-24/h7-8,11,14-16,20-21,24,27,35H,4-6,9-10,17-19H2,1-3H3/t20-,21-,27+/m1/s1. The van der Waals surface area contributed by atoms with Crippen molar-refractivity contribution >= 4 is 11.8 Å². The molecular formula is C30H36FN3O4. The first-order chi connectivity index (χ1) is 18.3. The van der Waals surface area contributed by atoms with E-state index in [-0.39, 0.29) is 47.5 Å². The summed E-state index contributed by atoms with van der Waals surface area (Å²) in [6.07, 6.45) is 6.31. The molecule has 7 nitrogen and oxygen atoms in total. The molecule has 4 rings (SSSR count). The van der Waals surface area contributed by atoms with Gasteiger partial charge >= 0.3 is 0 Å². The Hall–Kier alpha value is -3.44. The van der Waals surface area contributed by atoms with Crippen LogP contribution in [0.15, 0.2) is 36.5 Å². The molecule has 1 fully saturated rings. The topological polar surface area (TPSA) is 83.0 Å². The quantitative estimate of drug-likeness (QED) is 0.604. The van der Waals surface area contributed by atoms with Crippen LogP contribution in [0.25, 0.3) is 0 Å². The first-order valence-electron chi connectivity index (χ1n) is 13.4. The largest absolute Gasteiger partial charge is 0.472 e. The molecule has 1 aliphatic carbocycles. The molecule has 202 valence electrons. The maximum absolute atomic E-state index is 13.6. The van der Waals surface area contributed by atoms with E-state index in [0.717, 1.165) is 25.7 Å². The molecule has 38 heavy (non-hydrogen) atoms. The van der Waals surface area contributed by atoms with E-state index in [9.17, 15) is 19.1 Å². The zero-order valence-corrected chi connectivity index (χ0v) is 22.3. The Kier molecular flexibility index (Phi) is 9.01. The summed E-state index contributed by atoms with van der Waals surface area (Å²) in [4.78, 5) is 34.5. The minimum Gasteiger partial charge on any atom is -0.472 e. The van der Waals surface area contributed by atoms with E-state index < -0.39 is 12.1 Å². The van der Waals surface area contributed by atoms with Crippen LogP contribution < -0.4 is 4.74 Å². The molecule has 2 aromatic rings. The summed E-state index contributed by atoms with van der Waals surface area (Å²) in [5.41, 5.74) is 1.24. The lowest BCUT2D eigenvalue weighted by Gasteiger charge is -2.38. The number of carbonyl (C=O) groups excluding carboxylic acids is 2. The molecule has 0 radical (unpaired) electrons. The summed E-state index contributed by atoms with van der Waals surface area (Å²) in [5.74, 6) is 5.42. The van der Waals surface area contributed by atoms with Crippen LogP contribution in [-0.4, -0.2) is 70.6 Å². The summed E-state index contributed by atoms with van der Waals surface area (Å²) in [5, 5.41) is 9.87. The second kappa shape index (κ2) is 12.4. The number of carbonyl (C=O) groups is 2. The van der Waals surface area contributed by atoms with Gasteiger partial charge in [0.1, 0.15) is 17.5 Å². The average Bonchev–Trinajstić information content (AvgIpc) is 2.93. The summed E-state index contributed by atoms with van der Waals surface area (Å²) in [6, 6.07) is 7.18. The van der Waals surface area contributed by atoms with E-state index >= 15 is 0 Å². The van der Waals surface area contributed by atoms with Crippen molar-refractivity contribution in [3.05, 3.63) is 59.0 Å². The van der Waals surface area contributed by atoms with Crippen LogP contribution >= 0.6 is 0 Å². The van der Waals surface area contributed by atoms with Crippen LogP contribution in [0.5, 0.6) is 5.88 Å². The van der Waals surface area contributed by atoms with E-state index in [0.29, 0.717) is 24.2 Å². The number of aliphatic hydroxyl groups excluding tert-OH is 1. The van der Waals surface area contributed by atoms with E-state index in [4.69, 9.17) is 4.74 Å². The van der Waals surface area contributed by atoms with Crippen molar-refractivity contribution in [2.24, 2.45) is 11.8 Å². The van der Waals surface area contributed by atoms with Gasteiger partial charge in [-0.05, 0) is 44.0 Å². The number of ether oxygens (including phenoxy) is 1. The smallest absolute Gasteiger partial charge is 0.259 e. The minimum absolute atomic E-state index is 0.0507. The van der Waals surface area contributed by atoms with Crippen LogP contribution in [0, 0.1) is 29.5 Å². The number of hydrogen-bond donors (Lipinski definition) is 1. The van der Waals surface area contributed by atoms with Gasteiger partial charge in [-0.2, -0.15) is 0 Å². The third-order valence-corrected chi connectivity index (χ3v) is 7.48. The Morgan fingerprint density at radius 2 is 1.97 bits per heavy atom. The van der Waals surface area contributed by atoms with Crippen molar-refractivity contribution in [3.8, 4) is 17.7 Å². The van der Waals surface area contributed by atoms with Crippen molar-refractivity contribution in [2.75, 3.05) is 26.7 Å². The lowest BCUT2D eigenvalue weighted by Crippen LogP contribution is -2.51. The Morgan fingerprint density at radius 1 is 1.24 bits per heavy atom. The number of aliphatic hydroxyl groups is 1. The van der Waals surface area contributed by atoms with Gasteiger partial charge < -0.3 is 19.6 Å². The number of nitrogens with zero attached hydrogens (tertiary/aromatic N) is 3. The maximum atomic E-state index is 13.6. The lowest BCUT2D eigenvalue weighted by atomic mass is 9.88. The van der Waals surface area contributed by atoms with E-state index in [1.165, 1.54) is 24.8 Å². The Bertz CT molecular complexity index is 1220. The normalized spacial score (nSPS) is 20.8. The summed E-state index contributed by atoms with van der Waals surface area (Å²) in [6.45, 7) is 4.31. The van der Waals surface area contributed by atoms with Crippen molar-refractivity contribution in [3.63, 3.8) is 0 Å². The molecule has 8 heteroatoms. The first kappa shape index (κ1) is 27.6. The Balaban J connectivity index is 1.62. The number of likely N-dealkylation sites (N-methyl/N-ethyl adjacent to an activating group) is 1. The third kappa shape index (κ3) is 6.51. The summed E-state index contributed by atoms with van der Waals surface area (Å²) >= 11 is 0. The predicted octanol–water partition coefficient (Wildman–Crippen LogP) is 3.88. The highest BCUT2D eigenvalue weighted by atomic mass is 19.1. The van der Waals surface area contributed by atoms with Gasteiger partial charge in [0.2, 0.25) is 11.8 Å². The highest BCUT2D eigenvalue weighted by Crippen LogP contribution is 2.29. The second-order valence-corrected chi connectivity index (χ2v) is 10.5. The molecule has 0 bridgehead atoms. The highest BCUT2D eigenvalue weighted by Gasteiger charge is 2.35. The van der Waals surface area contributed by atoms with Crippen LogP contribution in [0.3, 0.4) is 0 Å². The Morgan fingerprint density at radius 3 is 2.68 bits per heavy atom. The van der Waals surface area contributed by atoms with Gasteiger partial charge in [-0.25, -0.2) is 9.37 Å². The molecule has 1 saturated carbocycles. The van der Waals surface area contributed by atoms with Crippen molar-refractivity contribution in [1.29, 1.82) is 0 Å². The second-order valence-electron chi connectivity index (χ2n) is 10.5. The van der Waals surface area contributed by atoms with Gasteiger partial charge in [0.15, 0.2) is 0 Å². The monoisotopic (exact) mass is 521 g/mol. The third-order valence-electron chi connectivity index (χ3n) is 7.48. The fraction of sp³-hybridized carbons (Fsp3) is 0.500. The molecule has 1 aliphatic heterocycles. The molecule has 0 saturated heterocycles. The minimum atomic E-state index is -0.416. The number of fused-ring (bicyclic) bond motifs is 1. The predicted molar refractivity (Wildman–Crippen MR) is 142 cm³/mol. The van der Waals surface area contributed by atoms with Gasteiger partial charge in [-0.1, -0.05) is 44.1 Å². The number of rotatable bonds is 5. The van der Waals surface area contributed by atoms with Crippen LogP contribution in [0.1, 0.15) is 67.4 Å². The molecule has 2 aliphatic rings. The van der Waals surface area contributed by atoms with Gasteiger partial charge in [0, 0.05) is 42.8 Å². The summed E-state index contributed by atoms with van der Waals surface area (Å²) in [7, 11) is 1.81. The van der Waals surface area contributed by atoms with Gasteiger partial charge in [0.25, 0.3) is 5.91 Å². The molecule has 1 aromatic heterocycles. The van der Waals surface area contributed by atoms with Crippen LogP contribution in [0.4, 0.5) is 4.39 Å². The van der Waals surface area contributed by atoms with E-state index in [1.54, 1.807) is 34.9 Å². The number of hydrogen-bond acceptors (Lipinski definition) is 5. The van der Waals surface area contributed by atoms with Crippen molar-refractivity contribution in [2.45, 2.75) is 58.1 Å². The molecule has 0 unspecified atom stereocenters. The fourth-order valence-electron chi connectivity index (χ4n) is 5.12. The van der Waals surface area contributed by atoms with Crippen molar-refractivity contribution in [1.82, 2.24) is 14.8 Å². The number of benzene rings is 1. The fourth-order valence-corrected chi connectivity index (χ4v) is 5.12. The Labute approximate surface area is 224 Å². The lowest BCUT2D eigenvalue weighted by molar-refractivity contribution is -0.136. The number of halogens is 1. The summed E-state index contributed by atoms with van der Waals surface area (Å²) < 4.78 is 19.8. The molecule has 3 atom stereocenters. The average molecular weight is 522 g/mol. The van der Waals surface area contributed by atoms with Gasteiger partial charge in [0.05, 0.1) is 19.2 Å². The van der Waals surface area contributed by atoms with E-state index in [1.807, 2.05) is 14.0 Å². The number of pyridine rings is 1. The highest BCUT2D eigenvalue weighted by molar-refractivity contribution is 5.97. The number of aromatic nitrogens is 1. The van der Waals surface area contributed by atoms with Crippen LogP contribution in [-0.2, 0) is 4.79 Å². The molecule has 2 amide bonds. The molecule has 1 N–H and O–H groups in total. The zero-order chi connectivity index (χ0) is 27.2. The van der Waals surface area contributed by atoms with Gasteiger partial charge in [-0.15, -0.1) is 0 Å². The zero-order valence-electron chi connectivity index (χ0n) is 22.3. The van der Waals surface area contributed by atoms with Gasteiger partial charge in [-0.3, -0.25) is 9.59 Å². The van der Waals surface area contributed by atoms with Crippen LogP contribution in [0.2, 0.25) is 0 Å². The molecule has 2 heterocycles. The number of amides is 2. The first-order valence-corrected chi connectivity index (χ1v) is 13.4. The molecule has 0 spiro atoms. The van der Waals surface area contributed by atoms with Crippen molar-refractivity contribution < 1.29 is 23.8 Å². The maximum Gasteiger partial charge on any atom is 0.259 e. The molecule has 1 aromatic carbocycles. The molecular weight excluding hydrogens is 485 g/mol.